The molecular weight excluding hydrogens is 514 g/mol. The molecule has 1 aliphatic heterocycles. The zero-order chi connectivity index (χ0) is 28.0. The van der Waals surface area contributed by atoms with Crippen molar-refractivity contribution in [2.45, 2.75) is 38.0 Å². The Kier molecular flexibility index (Phi) is 6.44. The van der Waals surface area contributed by atoms with E-state index in [-0.39, 0.29) is 23.5 Å². The molecule has 0 bridgehead atoms. The van der Waals surface area contributed by atoms with Crippen LogP contribution in [0, 0.1) is 12.8 Å². The average Bonchev–Trinajstić information content (AvgIpc) is 3.60. The number of alkyl halides is 2. The molecule has 0 spiro atoms. The first-order valence-electron chi connectivity index (χ1n) is 13.2. The first-order chi connectivity index (χ1) is 19.2. The number of hydrogen-bond acceptors (Lipinski definition) is 6. The maximum atomic E-state index is 13.1. The van der Waals surface area contributed by atoms with Crippen molar-refractivity contribution >= 4 is 17.5 Å². The molecule has 2 atom stereocenters. The highest BCUT2D eigenvalue weighted by molar-refractivity contribution is 5.95. The second-order valence-corrected chi connectivity index (χ2v) is 10.7. The zero-order valence-electron chi connectivity index (χ0n) is 21.9. The van der Waals surface area contributed by atoms with E-state index >= 15 is 0 Å². The second kappa shape index (κ2) is 9.97. The molecule has 1 amide bonds. The highest BCUT2D eigenvalue weighted by Gasteiger charge is 2.46. The number of nitrogens with zero attached hydrogens (tertiary/aromatic N) is 3. The lowest BCUT2D eigenvalue weighted by Gasteiger charge is -2.38. The third kappa shape index (κ3) is 5.23. The number of rotatable bonds is 8. The summed E-state index contributed by atoms with van der Waals surface area (Å²) in [5.74, 6) is -1.08. The van der Waals surface area contributed by atoms with Crippen molar-refractivity contribution in [1.29, 1.82) is 0 Å². The van der Waals surface area contributed by atoms with E-state index < -0.39 is 19.0 Å². The molecule has 1 aliphatic carbocycles. The van der Waals surface area contributed by atoms with E-state index in [0.29, 0.717) is 35.9 Å². The van der Waals surface area contributed by atoms with Crippen LogP contribution < -0.4 is 5.73 Å². The van der Waals surface area contributed by atoms with Crippen molar-refractivity contribution in [3.63, 3.8) is 0 Å². The van der Waals surface area contributed by atoms with Gasteiger partial charge >= 0.3 is 0 Å². The number of carbonyl (C=O) groups excluding carboxylic acids is 2. The van der Waals surface area contributed by atoms with Gasteiger partial charge in [0.15, 0.2) is 0 Å². The molecule has 2 aromatic heterocycles. The van der Waals surface area contributed by atoms with Gasteiger partial charge in [0, 0.05) is 36.1 Å². The van der Waals surface area contributed by atoms with E-state index in [4.69, 9.17) is 10.2 Å². The molecule has 3 heterocycles. The normalized spacial score (nSPS) is 19.2. The summed E-state index contributed by atoms with van der Waals surface area (Å²) in [6.07, 6.45) is 5.16. The summed E-state index contributed by atoms with van der Waals surface area (Å²) in [7, 11) is 0. The van der Waals surface area contributed by atoms with Gasteiger partial charge in [-0.1, -0.05) is 30.3 Å². The lowest BCUT2D eigenvalue weighted by molar-refractivity contribution is -0.120. The Balaban J connectivity index is 1.06. The number of Topliss-reactive ketones (excluding diaryl/α,β-unsaturated/α-hetero) is 1. The van der Waals surface area contributed by atoms with Gasteiger partial charge in [-0.15, -0.1) is 0 Å². The van der Waals surface area contributed by atoms with Gasteiger partial charge in [-0.25, -0.2) is 18.7 Å². The van der Waals surface area contributed by atoms with Crippen LogP contribution in [0.5, 0.6) is 0 Å². The standard InChI is InChI=1S/C31H28F2N4O3/c1-18-12-21(19-2-4-20(5-3-19)30(39)37-16-31(32,33)17-37)6-9-24(18)29-36-15-23(40-29)8-10-27(38)26-13-25(26)22-7-11-28(34)35-14-22/h2-7,9,11-12,14-15,25-26H,8,10,13,16-17H2,1H3,(H2,34,35)/t25-,26+/m1/s1. The van der Waals surface area contributed by atoms with E-state index in [1.165, 1.54) is 0 Å². The third-order valence-corrected chi connectivity index (χ3v) is 7.67. The van der Waals surface area contributed by atoms with E-state index in [9.17, 15) is 18.4 Å². The number of anilines is 1. The van der Waals surface area contributed by atoms with Crippen molar-refractivity contribution in [2.24, 2.45) is 5.92 Å². The third-order valence-electron chi connectivity index (χ3n) is 7.67. The number of oxazole rings is 1. The first-order valence-corrected chi connectivity index (χ1v) is 13.2. The smallest absolute Gasteiger partial charge is 0.282 e. The van der Waals surface area contributed by atoms with Crippen LogP contribution in [-0.4, -0.2) is 45.6 Å². The van der Waals surface area contributed by atoms with Gasteiger partial charge in [0.1, 0.15) is 17.4 Å². The van der Waals surface area contributed by atoms with Crippen molar-refractivity contribution in [1.82, 2.24) is 14.9 Å². The van der Waals surface area contributed by atoms with Crippen molar-refractivity contribution in [2.75, 3.05) is 18.8 Å². The van der Waals surface area contributed by atoms with Gasteiger partial charge in [-0.3, -0.25) is 9.59 Å². The number of halogens is 2. The highest BCUT2D eigenvalue weighted by Crippen LogP contribution is 2.48. The van der Waals surface area contributed by atoms with E-state index in [0.717, 1.165) is 39.1 Å². The van der Waals surface area contributed by atoms with Gasteiger partial charge < -0.3 is 15.1 Å². The summed E-state index contributed by atoms with van der Waals surface area (Å²) in [5.41, 5.74) is 10.8. The number of nitrogen functional groups attached to an aromatic ring is 1. The van der Waals surface area contributed by atoms with Crippen LogP contribution in [0.15, 0.2) is 71.4 Å². The number of amides is 1. The Labute approximate surface area is 230 Å². The summed E-state index contributed by atoms with van der Waals surface area (Å²) in [4.78, 5) is 34.8. The fourth-order valence-electron chi connectivity index (χ4n) is 5.26. The Morgan fingerprint density at radius 2 is 1.77 bits per heavy atom. The Hall–Kier alpha value is -4.40. The Morgan fingerprint density at radius 3 is 2.45 bits per heavy atom. The van der Waals surface area contributed by atoms with Crippen LogP contribution in [0.1, 0.15) is 46.0 Å². The van der Waals surface area contributed by atoms with Gasteiger partial charge in [-0.2, -0.15) is 0 Å². The molecule has 0 unspecified atom stereocenters. The maximum Gasteiger partial charge on any atom is 0.282 e. The monoisotopic (exact) mass is 542 g/mol. The summed E-state index contributed by atoms with van der Waals surface area (Å²) in [6, 6.07) is 16.5. The largest absolute Gasteiger partial charge is 0.441 e. The van der Waals surface area contributed by atoms with Crippen LogP contribution >= 0.6 is 0 Å². The maximum absolute atomic E-state index is 13.1. The fraction of sp³-hybridized carbons (Fsp3) is 0.290. The van der Waals surface area contributed by atoms with Crippen LogP contribution in [0.25, 0.3) is 22.6 Å². The molecule has 0 radical (unpaired) electrons. The van der Waals surface area contributed by atoms with Crippen LogP contribution in [0.3, 0.4) is 0 Å². The SMILES string of the molecule is Cc1cc(-c2ccc(C(=O)N3CC(F)(F)C3)cc2)ccc1-c1ncc(CCC(=O)[C@H]2C[C@@H]2c2ccc(N)nc2)o1. The molecule has 2 aliphatic rings. The van der Waals surface area contributed by atoms with E-state index in [1.807, 2.05) is 43.3 Å². The average molecular weight is 543 g/mol. The van der Waals surface area contributed by atoms with Crippen molar-refractivity contribution < 1.29 is 22.8 Å². The van der Waals surface area contributed by atoms with Crippen LogP contribution in [0.2, 0.25) is 0 Å². The Morgan fingerprint density at radius 1 is 1.02 bits per heavy atom. The number of benzene rings is 2. The first kappa shape index (κ1) is 25.9. The topological polar surface area (TPSA) is 102 Å². The Bertz CT molecular complexity index is 1570. The summed E-state index contributed by atoms with van der Waals surface area (Å²) < 4.78 is 32.2. The molecule has 2 aromatic carbocycles. The number of pyridine rings is 1. The van der Waals surface area contributed by atoms with E-state index in [2.05, 4.69) is 9.97 Å². The molecule has 204 valence electrons. The number of likely N-dealkylation sites (tertiary alicyclic amines) is 1. The van der Waals surface area contributed by atoms with Gasteiger partial charge in [0.05, 0.1) is 19.3 Å². The van der Waals surface area contributed by atoms with Gasteiger partial charge in [0.25, 0.3) is 11.8 Å². The van der Waals surface area contributed by atoms with E-state index in [1.54, 1.807) is 30.6 Å². The fourth-order valence-corrected chi connectivity index (χ4v) is 5.26. The number of ketones is 1. The highest BCUT2D eigenvalue weighted by atomic mass is 19.3. The number of hydrogen-bond donors (Lipinski definition) is 1. The lowest BCUT2D eigenvalue weighted by Crippen LogP contribution is -2.58. The summed E-state index contributed by atoms with van der Waals surface area (Å²) in [5, 5.41) is 0. The van der Waals surface area contributed by atoms with Crippen LogP contribution in [0.4, 0.5) is 14.6 Å². The molecule has 4 aromatic rings. The predicted molar refractivity (Wildman–Crippen MR) is 146 cm³/mol. The summed E-state index contributed by atoms with van der Waals surface area (Å²) >= 11 is 0. The number of carbonyl (C=O) groups is 2. The van der Waals surface area contributed by atoms with Crippen molar-refractivity contribution in [3.8, 4) is 22.6 Å². The quantitative estimate of drug-likeness (QED) is 0.307. The van der Waals surface area contributed by atoms with Crippen LogP contribution in [-0.2, 0) is 11.2 Å². The molecule has 1 saturated carbocycles. The number of nitrogens with two attached hydrogens (primary N) is 1. The number of aryl methyl sites for hydroxylation is 2. The predicted octanol–water partition coefficient (Wildman–Crippen LogP) is 5.69. The number of aromatic nitrogens is 2. The van der Waals surface area contributed by atoms with Crippen molar-refractivity contribution in [3.05, 3.63) is 89.4 Å². The molecular formula is C31H28F2N4O3. The molecule has 2 fully saturated rings. The van der Waals surface area contributed by atoms with Gasteiger partial charge in [0.2, 0.25) is 5.89 Å². The molecule has 1 saturated heterocycles. The minimum absolute atomic E-state index is 0.0234. The summed E-state index contributed by atoms with van der Waals surface area (Å²) in [6.45, 7) is 0.903. The zero-order valence-corrected chi connectivity index (χ0v) is 21.9. The molecule has 6 rings (SSSR count). The minimum Gasteiger partial charge on any atom is -0.441 e. The molecule has 7 nitrogen and oxygen atoms in total. The van der Waals surface area contributed by atoms with Gasteiger partial charge in [-0.05, 0) is 65.8 Å². The molecule has 40 heavy (non-hydrogen) atoms. The lowest BCUT2D eigenvalue weighted by atomic mass is 9.98. The molecule has 2 N–H and O–H groups in total. The molecule has 9 heteroatoms. The minimum atomic E-state index is -2.78. The second-order valence-electron chi connectivity index (χ2n) is 10.7.